The number of anilines is 1. The molecular weight excluding hydrogens is 402 g/mol. The van der Waals surface area contributed by atoms with Gasteiger partial charge in [0.15, 0.2) is 0 Å². The third kappa shape index (κ3) is 4.40. The summed E-state index contributed by atoms with van der Waals surface area (Å²) in [6, 6.07) is 15.6. The van der Waals surface area contributed by atoms with Crippen molar-refractivity contribution in [3.63, 3.8) is 0 Å². The van der Waals surface area contributed by atoms with E-state index in [1.54, 1.807) is 18.2 Å². The van der Waals surface area contributed by atoms with Gasteiger partial charge in [0.1, 0.15) is 11.6 Å². The van der Waals surface area contributed by atoms with Crippen molar-refractivity contribution in [3.05, 3.63) is 106 Å². The molecule has 0 aromatic heterocycles. The highest BCUT2D eigenvalue weighted by Gasteiger charge is 2.29. The molecule has 0 unspecified atom stereocenters. The van der Waals surface area contributed by atoms with Gasteiger partial charge in [0.25, 0.3) is 11.8 Å². The molecule has 3 aromatic carbocycles. The van der Waals surface area contributed by atoms with Gasteiger partial charge in [0.05, 0.1) is 11.3 Å². The fourth-order valence-corrected chi connectivity index (χ4v) is 3.20. The Morgan fingerprint density at radius 3 is 2.45 bits per heavy atom. The van der Waals surface area contributed by atoms with Crippen LogP contribution in [0.2, 0.25) is 0 Å². The summed E-state index contributed by atoms with van der Waals surface area (Å²) in [5.41, 5.74) is 1.63. The predicted octanol–water partition coefficient (Wildman–Crippen LogP) is 4.11. The summed E-state index contributed by atoms with van der Waals surface area (Å²) in [6.45, 7) is 0.186. The average Bonchev–Trinajstić information content (AvgIpc) is 2.76. The molecule has 0 saturated carbocycles. The van der Waals surface area contributed by atoms with E-state index in [1.807, 2.05) is 0 Å². The van der Waals surface area contributed by atoms with Gasteiger partial charge in [-0.05, 0) is 59.7 Å². The van der Waals surface area contributed by atoms with Gasteiger partial charge < -0.3 is 10.6 Å². The summed E-state index contributed by atoms with van der Waals surface area (Å²) in [6.07, 6.45) is 1.31. The van der Waals surface area contributed by atoms with Crippen molar-refractivity contribution in [2.45, 2.75) is 6.54 Å². The molecule has 154 valence electrons. The number of amides is 2. The molecule has 2 N–H and O–H groups in total. The molecule has 3 aromatic rings. The van der Waals surface area contributed by atoms with Gasteiger partial charge in [-0.2, -0.15) is 0 Å². The Balaban J connectivity index is 1.57. The first-order valence-electron chi connectivity index (χ1n) is 9.41. The smallest absolute Gasteiger partial charge is 0.259 e. The zero-order valence-electron chi connectivity index (χ0n) is 16.1. The van der Waals surface area contributed by atoms with Crippen molar-refractivity contribution in [3.8, 4) is 0 Å². The normalized spacial score (nSPS) is 14.2. The van der Waals surface area contributed by atoms with Crippen LogP contribution >= 0.6 is 0 Å². The Bertz CT molecular complexity index is 1230. The molecule has 1 aliphatic rings. The second kappa shape index (κ2) is 8.31. The van der Waals surface area contributed by atoms with E-state index < -0.39 is 23.4 Å². The quantitative estimate of drug-likeness (QED) is 0.495. The minimum absolute atomic E-state index is 0.151. The molecule has 5 nitrogen and oxygen atoms in total. The number of rotatable bonds is 4. The van der Waals surface area contributed by atoms with Crippen LogP contribution < -0.4 is 10.6 Å². The predicted molar refractivity (Wildman–Crippen MR) is 111 cm³/mol. The lowest BCUT2D eigenvalue weighted by atomic mass is 9.93. The van der Waals surface area contributed by atoms with Crippen LogP contribution in [0, 0.1) is 11.6 Å². The molecule has 0 aliphatic carbocycles. The maximum Gasteiger partial charge on any atom is 0.259 e. The van der Waals surface area contributed by atoms with E-state index in [9.17, 15) is 23.2 Å². The van der Waals surface area contributed by atoms with Gasteiger partial charge in [0.2, 0.25) is 5.78 Å². The second-order valence-corrected chi connectivity index (χ2v) is 6.97. The summed E-state index contributed by atoms with van der Waals surface area (Å²) in [4.78, 5) is 37.8. The summed E-state index contributed by atoms with van der Waals surface area (Å²) in [5, 5.41) is 5.32. The first-order valence-corrected chi connectivity index (χ1v) is 9.41. The number of carbonyl (C=O) groups is 3. The Hall–Kier alpha value is -4.13. The lowest BCUT2D eigenvalue weighted by Gasteiger charge is -2.19. The largest absolute Gasteiger partial charge is 0.348 e. The highest BCUT2D eigenvalue weighted by molar-refractivity contribution is 6.36. The van der Waals surface area contributed by atoms with Crippen LogP contribution in [0.15, 0.2) is 72.3 Å². The molecular formula is C24H16F2N2O3. The number of carbonyl (C=O) groups excluding carboxylic acids is 3. The fourth-order valence-electron chi connectivity index (χ4n) is 3.20. The Labute approximate surface area is 176 Å². The van der Waals surface area contributed by atoms with Gasteiger partial charge in [0, 0.05) is 17.7 Å². The molecule has 0 bridgehead atoms. The van der Waals surface area contributed by atoms with E-state index >= 15 is 0 Å². The lowest BCUT2D eigenvalue weighted by molar-refractivity contribution is -0.112. The minimum Gasteiger partial charge on any atom is -0.348 e. The average molecular weight is 418 g/mol. The first-order chi connectivity index (χ1) is 14.9. The molecule has 0 radical (unpaired) electrons. The maximum atomic E-state index is 13.4. The van der Waals surface area contributed by atoms with Crippen molar-refractivity contribution >= 4 is 29.4 Å². The molecule has 0 saturated heterocycles. The van der Waals surface area contributed by atoms with E-state index in [1.165, 1.54) is 54.6 Å². The molecule has 0 atom stereocenters. The molecule has 7 heteroatoms. The number of benzene rings is 3. The zero-order chi connectivity index (χ0) is 22.0. The lowest BCUT2D eigenvalue weighted by Crippen LogP contribution is -2.28. The van der Waals surface area contributed by atoms with Crippen molar-refractivity contribution < 1.29 is 23.2 Å². The minimum atomic E-state index is -0.602. The zero-order valence-corrected chi connectivity index (χ0v) is 16.1. The van der Waals surface area contributed by atoms with Crippen LogP contribution in [0.5, 0.6) is 0 Å². The Morgan fingerprint density at radius 1 is 0.935 bits per heavy atom. The molecule has 0 fully saturated rings. The number of hydrogen-bond donors (Lipinski definition) is 2. The van der Waals surface area contributed by atoms with Crippen molar-refractivity contribution in [1.29, 1.82) is 0 Å². The van der Waals surface area contributed by atoms with Gasteiger partial charge in [-0.3, -0.25) is 14.4 Å². The molecule has 0 spiro atoms. The molecule has 4 rings (SSSR count). The van der Waals surface area contributed by atoms with E-state index in [4.69, 9.17) is 0 Å². The maximum absolute atomic E-state index is 13.4. The number of nitrogens with one attached hydrogen (secondary N) is 2. The van der Waals surface area contributed by atoms with Crippen molar-refractivity contribution in [2.24, 2.45) is 0 Å². The van der Waals surface area contributed by atoms with Gasteiger partial charge in [-0.25, -0.2) is 8.78 Å². The summed E-state index contributed by atoms with van der Waals surface area (Å²) in [5.74, 6) is -2.44. The standard InChI is InChI=1S/C24H16F2N2O3/c25-17-7-4-14(5-8-17)13-27-23(30)16-6-9-21-19(12-16)22(29)20(24(31)28-21)11-15-2-1-3-18(26)10-15/h1-12H,13H2,(H,27,30)(H,28,31)/b20-11-. The third-order valence-corrected chi connectivity index (χ3v) is 4.79. The Kier molecular flexibility index (Phi) is 5.41. The number of fused-ring (bicyclic) bond motifs is 1. The van der Waals surface area contributed by atoms with Crippen LogP contribution in [-0.2, 0) is 11.3 Å². The van der Waals surface area contributed by atoms with Crippen LogP contribution in [0.1, 0.15) is 31.8 Å². The molecule has 1 aliphatic heterocycles. The van der Waals surface area contributed by atoms with Crippen molar-refractivity contribution in [1.82, 2.24) is 5.32 Å². The van der Waals surface area contributed by atoms with Crippen LogP contribution in [0.3, 0.4) is 0 Å². The molecule has 1 heterocycles. The van der Waals surface area contributed by atoms with Crippen LogP contribution in [0.25, 0.3) is 6.08 Å². The van der Waals surface area contributed by atoms with Gasteiger partial charge in [-0.15, -0.1) is 0 Å². The Morgan fingerprint density at radius 2 is 1.71 bits per heavy atom. The highest BCUT2D eigenvalue weighted by atomic mass is 19.1. The molecule has 31 heavy (non-hydrogen) atoms. The SMILES string of the molecule is O=C1Nc2ccc(C(=O)NCc3ccc(F)cc3)cc2C(=O)/C1=C/c1cccc(F)c1. The number of Topliss-reactive ketones (excluding diaryl/α,β-unsaturated/α-hetero) is 1. The number of halogens is 2. The molecule has 2 amide bonds. The fraction of sp³-hybridized carbons (Fsp3) is 0.0417. The van der Waals surface area contributed by atoms with Crippen molar-refractivity contribution in [2.75, 3.05) is 5.32 Å². The van der Waals surface area contributed by atoms with E-state index in [0.29, 0.717) is 11.3 Å². The van der Waals surface area contributed by atoms with E-state index in [2.05, 4.69) is 10.6 Å². The summed E-state index contributed by atoms with van der Waals surface area (Å²) in [7, 11) is 0. The first kappa shape index (κ1) is 20.2. The third-order valence-electron chi connectivity index (χ3n) is 4.79. The van der Waals surface area contributed by atoms with Gasteiger partial charge >= 0.3 is 0 Å². The monoisotopic (exact) mass is 418 g/mol. The van der Waals surface area contributed by atoms with Gasteiger partial charge in [-0.1, -0.05) is 24.3 Å². The van der Waals surface area contributed by atoms with E-state index in [0.717, 1.165) is 5.56 Å². The van der Waals surface area contributed by atoms with Crippen LogP contribution in [-0.4, -0.2) is 17.6 Å². The van der Waals surface area contributed by atoms with Crippen LogP contribution in [0.4, 0.5) is 14.5 Å². The topological polar surface area (TPSA) is 75.3 Å². The number of ketones is 1. The highest BCUT2D eigenvalue weighted by Crippen LogP contribution is 2.27. The van der Waals surface area contributed by atoms with E-state index in [-0.39, 0.29) is 29.1 Å². The summed E-state index contributed by atoms with van der Waals surface area (Å²) >= 11 is 0. The number of hydrogen-bond acceptors (Lipinski definition) is 3. The second-order valence-electron chi connectivity index (χ2n) is 6.97. The summed E-state index contributed by atoms with van der Waals surface area (Å²) < 4.78 is 26.4.